The summed E-state index contributed by atoms with van der Waals surface area (Å²) in [5.41, 5.74) is 2.71. The van der Waals surface area contributed by atoms with Crippen molar-refractivity contribution >= 4 is 17.7 Å². The lowest BCUT2D eigenvalue weighted by Crippen LogP contribution is -2.16. The molecule has 110 valence electrons. The Morgan fingerprint density at radius 2 is 1.86 bits per heavy atom. The van der Waals surface area contributed by atoms with E-state index in [-0.39, 0.29) is 17.7 Å². The molecule has 0 saturated carbocycles. The molecular formula is C12H14N6O3. The maximum Gasteiger partial charge on any atom is 0.258 e. The van der Waals surface area contributed by atoms with Crippen LogP contribution in [0.2, 0.25) is 0 Å². The Kier molecular flexibility index (Phi) is 4.46. The maximum atomic E-state index is 12.1. The van der Waals surface area contributed by atoms with Gasteiger partial charge in [-0.3, -0.25) is 10.1 Å². The molecule has 0 bridgehead atoms. The largest absolute Gasteiger partial charge is 0.481 e. The van der Waals surface area contributed by atoms with Gasteiger partial charge in [0.05, 0.1) is 20.3 Å². The molecule has 0 aliphatic carbocycles. The highest BCUT2D eigenvalue weighted by Crippen LogP contribution is 2.18. The molecule has 0 aliphatic rings. The molecule has 9 nitrogen and oxygen atoms in total. The van der Waals surface area contributed by atoms with Gasteiger partial charge in [-0.25, -0.2) is 10.8 Å². The van der Waals surface area contributed by atoms with Crippen LogP contribution in [0, 0.1) is 0 Å². The van der Waals surface area contributed by atoms with Gasteiger partial charge in [0.15, 0.2) is 0 Å². The second-order valence-electron chi connectivity index (χ2n) is 3.80. The third-order valence-electron chi connectivity index (χ3n) is 2.49. The quantitative estimate of drug-likeness (QED) is 0.534. The normalized spacial score (nSPS) is 9.86. The summed E-state index contributed by atoms with van der Waals surface area (Å²) >= 11 is 0. The topological polar surface area (TPSA) is 124 Å². The zero-order valence-electron chi connectivity index (χ0n) is 11.5. The molecule has 2 rings (SSSR count). The van der Waals surface area contributed by atoms with Crippen LogP contribution in [0.5, 0.6) is 11.8 Å². The van der Waals surface area contributed by atoms with Crippen LogP contribution in [0.4, 0.5) is 11.8 Å². The fraction of sp³-hybridized carbons (Fsp3) is 0.167. The first kappa shape index (κ1) is 14.5. The summed E-state index contributed by atoms with van der Waals surface area (Å²) in [6.07, 6.45) is 1.46. The molecule has 21 heavy (non-hydrogen) atoms. The van der Waals surface area contributed by atoms with Crippen LogP contribution >= 0.6 is 0 Å². The van der Waals surface area contributed by atoms with Crippen LogP contribution in [-0.4, -0.2) is 35.1 Å². The zero-order chi connectivity index (χ0) is 15.2. The monoisotopic (exact) mass is 290 g/mol. The van der Waals surface area contributed by atoms with Crippen LogP contribution in [0.3, 0.4) is 0 Å². The number of nitrogens with zero attached hydrogens (tertiary/aromatic N) is 3. The van der Waals surface area contributed by atoms with Crippen molar-refractivity contribution in [3.05, 3.63) is 30.0 Å². The number of nitrogen functional groups attached to an aromatic ring is 1. The minimum atomic E-state index is -0.413. The Hall–Kier alpha value is -2.94. The van der Waals surface area contributed by atoms with Crippen molar-refractivity contribution in [2.24, 2.45) is 5.84 Å². The van der Waals surface area contributed by atoms with E-state index in [0.717, 1.165) is 0 Å². The SMILES string of the molecule is COc1cc(OC)nc(NC(=O)c2ccnc(NN)c2)n1. The molecule has 0 aliphatic heterocycles. The second kappa shape index (κ2) is 6.48. The molecule has 0 atom stereocenters. The van der Waals surface area contributed by atoms with E-state index in [0.29, 0.717) is 11.4 Å². The Balaban J connectivity index is 2.22. The third-order valence-corrected chi connectivity index (χ3v) is 2.49. The van der Waals surface area contributed by atoms with Crippen molar-refractivity contribution in [2.75, 3.05) is 25.0 Å². The standard InChI is InChI=1S/C12H14N6O3/c1-20-9-6-10(21-2)16-12(15-9)17-11(19)7-3-4-14-8(5-7)18-13/h3-6H,13H2,1-2H3,(H,14,18)(H,15,16,17,19). The highest BCUT2D eigenvalue weighted by Gasteiger charge is 2.11. The van der Waals surface area contributed by atoms with Crippen molar-refractivity contribution in [1.82, 2.24) is 15.0 Å². The molecule has 0 aromatic carbocycles. The van der Waals surface area contributed by atoms with E-state index in [1.165, 1.54) is 38.6 Å². The molecule has 0 unspecified atom stereocenters. The van der Waals surface area contributed by atoms with Crippen LogP contribution in [0.15, 0.2) is 24.4 Å². The average molecular weight is 290 g/mol. The number of methoxy groups -OCH3 is 2. The predicted octanol–water partition coefficient (Wildman–Crippen LogP) is 0.427. The number of amides is 1. The van der Waals surface area contributed by atoms with Crippen LogP contribution < -0.4 is 26.1 Å². The van der Waals surface area contributed by atoms with Crippen molar-refractivity contribution in [3.8, 4) is 11.8 Å². The zero-order valence-corrected chi connectivity index (χ0v) is 11.5. The molecule has 0 saturated heterocycles. The van der Waals surface area contributed by atoms with Crippen LogP contribution in [-0.2, 0) is 0 Å². The number of carbonyl (C=O) groups is 1. The first-order chi connectivity index (χ1) is 10.2. The maximum absolute atomic E-state index is 12.1. The predicted molar refractivity (Wildman–Crippen MR) is 75.1 cm³/mol. The van der Waals surface area contributed by atoms with Gasteiger partial charge in [-0.05, 0) is 12.1 Å². The van der Waals surface area contributed by atoms with E-state index in [1.807, 2.05) is 0 Å². The summed E-state index contributed by atoms with van der Waals surface area (Å²) in [6.45, 7) is 0. The second-order valence-corrected chi connectivity index (χ2v) is 3.80. The summed E-state index contributed by atoms with van der Waals surface area (Å²) in [5.74, 6) is 5.81. The summed E-state index contributed by atoms with van der Waals surface area (Å²) in [5, 5.41) is 2.54. The Morgan fingerprint density at radius 1 is 1.19 bits per heavy atom. The Morgan fingerprint density at radius 3 is 2.43 bits per heavy atom. The lowest BCUT2D eigenvalue weighted by Gasteiger charge is -2.08. The third kappa shape index (κ3) is 3.54. The van der Waals surface area contributed by atoms with Gasteiger partial charge in [0, 0.05) is 11.8 Å². The molecule has 1 amide bonds. The number of hydrogen-bond acceptors (Lipinski definition) is 8. The number of nitrogens with one attached hydrogen (secondary N) is 2. The van der Waals surface area contributed by atoms with Crippen molar-refractivity contribution in [1.29, 1.82) is 0 Å². The number of hydrazine groups is 1. The van der Waals surface area contributed by atoms with Gasteiger partial charge in [0.2, 0.25) is 17.7 Å². The fourth-order valence-corrected chi connectivity index (χ4v) is 1.49. The van der Waals surface area contributed by atoms with E-state index in [2.05, 4.69) is 25.7 Å². The smallest absolute Gasteiger partial charge is 0.258 e. The van der Waals surface area contributed by atoms with Gasteiger partial charge in [-0.15, -0.1) is 0 Å². The molecule has 2 aromatic heterocycles. The minimum absolute atomic E-state index is 0.0651. The first-order valence-corrected chi connectivity index (χ1v) is 5.87. The molecule has 0 spiro atoms. The van der Waals surface area contributed by atoms with Gasteiger partial charge >= 0.3 is 0 Å². The van der Waals surface area contributed by atoms with Crippen molar-refractivity contribution in [2.45, 2.75) is 0 Å². The molecule has 0 radical (unpaired) electrons. The van der Waals surface area contributed by atoms with Crippen molar-refractivity contribution < 1.29 is 14.3 Å². The van der Waals surface area contributed by atoms with Gasteiger partial charge in [0.1, 0.15) is 5.82 Å². The molecule has 2 aromatic rings. The minimum Gasteiger partial charge on any atom is -0.481 e. The Bertz CT molecular complexity index is 626. The van der Waals surface area contributed by atoms with E-state index in [4.69, 9.17) is 15.3 Å². The number of anilines is 2. The molecule has 2 heterocycles. The number of ether oxygens (including phenoxy) is 2. The number of hydrogen-bond donors (Lipinski definition) is 3. The number of rotatable bonds is 5. The van der Waals surface area contributed by atoms with Gasteiger partial charge < -0.3 is 14.9 Å². The number of pyridine rings is 1. The van der Waals surface area contributed by atoms with E-state index >= 15 is 0 Å². The molecule has 0 fully saturated rings. The van der Waals surface area contributed by atoms with Gasteiger partial charge in [-0.1, -0.05) is 0 Å². The number of carbonyl (C=O) groups excluding carboxylic acids is 1. The highest BCUT2D eigenvalue weighted by molar-refractivity contribution is 6.03. The van der Waals surface area contributed by atoms with Gasteiger partial charge in [0.25, 0.3) is 5.91 Å². The summed E-state index contributed by atoms with van der Waals surface area (Å²) in [7, 11) is 2.91. The number of nitrogens with two attached hydrogens (primary N) is 1. The average Bonchev–Trinajstić information content (AvgIpc) is 2.54. The lowest BCUT2D eigenvalue weighted by molar-refractivity contribution is 0.102. The summed E-state index contributed by atoms with van der Waals surface area (Å²) < 4.78 is 10.0. The molecule has 9 heteroatoms. The van der Waals surface area contributed by atoms with Crippen molar-refractivity contribution in [3.63, 3.8) is 0 Å². The molecular weight excluding hydrogens is 276 g/mol. The summed E-state index contributed by atoms with van der Waals surface area (Å²) in [4.78, 5) is 24.0. The van der Waals surface area contributed by atoms with Gasteiger partial charge in [-0.2, -0.15) is 9.97 Å². The van der Waals surface area contributed by atoms with E-state index < -0.39 is 5.91 Å². The first-order valence-electron chi connectivity index (χ1n) is 5.87. The summed E-state index contributed by atoms with van der Waals surface area (Å²) in [6, 6.07) is 4.53. The highest BCUT2D eigenvalue weighted by atomic mass is 16.5. The number of aromatic nitrogens is 3. The van der Waals surface area contributed by atoms with Crippen LogP contribution in [0.1, 0.15) is 10.4 Å². The van der Waals surface area contributed by atoms with E-state index in [1.54, 1.807) is 0 Å². The van der Waals surface area contributed by atoms with E-state index in [9.17, 15) is 4.79 Å². The Labute approximate surface area is 120 Å². The molecule has 4 N–H and O–H groups in total. The fourth-order valence-electron chi connectivity index (χ4n) is 1.49. The van der Waals surface area contributed by atoms with Crippen LogP contribution in [0.25, 0.3) is 0 Å². The lowest BCUT2D eigenvalue weighted by atomic mass is 10.2.